The average Bonchev–Trinajstić information content (AvgIpc) is 3.19. The van der Waals surface area contributed by atoms with Gasteiger partial charge in [-0.3, -0.25) is 0 Å². The number of benzene rings is 2. The molecule has 9 heteroatoms. The maximum atomic E-state index is 13.5. The molecular formula is C23H24ClN5O2S. The Balaban J connectivity index is 1.77. The van der Waals surface area contributed by atoms with Crippen LogP contribution in [-0.2, 0) is 9.84 Å². The molecule has 2 aromatic carbocycles. The summed E-state index contributed by atoms with van der Waals surface area (Å²) in [5, 5.41) is 9.54. The summed E-state index contributed by atoms with van der Waals surface area (Å²) in [6.45, 7) is 7.77. The van der Waals surface area contributed by atoms with Crippen LogP contribution in [0.15, 0.2) is 46.3 Å². The molecule has 1 fully saturated rings. The Morgan fingerprint density at radius 3 is 2.66 bits per heavy atom. The fourth-order valence-electron chi connectivity index (χ4n) is 4.34. The largest absolute Gasteiger partial charge is 0.356 e. The van der Waals surface area contributed by atoms with E-state index in [4.69, 9.17) is 16.6 Å². The molecule has 0 saturated carbocycles. The van der Waals surface area contributed by atoms with E-state index in [0.717, 1.165) is 53.8 Å². The number of piperidine rings is 1. The zero-order valence-corrected chi connectivity index (χ0v) is 19.8. The predicted octanol–water partition coefficient (Wildman–Crippen LogP) is 4.62. The van der Waals surface area contributed by atoms with E-state index in [1.165, 1.54) is 4.52 Å². The SMILES string of the molecule is Cc1ccc(S(=O)(=O)c2nnn3c2nc(N2CCC[C@@H](C)C2)c2cc(Cl)ccc23)cc1C. The van der Waals surface area contributed by atoms with E-state index in [9.17, 15) is 8.42 Å². The number of anilines is 1. The number of sulfone groups is 1. The summed E-state index contributed by atoms with van der Waals surface area (Å²) in [7, 11) is -3.90. The number of nitrogens with zero attached hydrogens (tertiary/aromatic N) is 5. The third-order valence-electron chi connectivity index (χ3n) is 6.26. The van der Waals surface area contributed by atoms with Crippen molar-refractivity contribution in [2.45, 2.75) is 43.5 Å². The Morgan fingerprint density at radius 2 is 1.91 bits per heavy atom. The number of fused-ring (bicyclic) bond motifs is 3. The first-order chi connectivity index (χ1) is 15.3. The molecule has 7 nitrogen and oxygen atoms in total. The molecule has 32 heavy (non-hydrogen) atoms. The number of rotatable bonds is 3. The third kappa shape index (κ3) is 3.42. The van der Waals surface area contributed by atoms with Crippen molar-refractivity contribution in [1.29, 1.82) is 0 Å². The van der Waals surface area contributed by atoms with Crippen LogP contribution in [0.3, 0.4) is 0 Å². The van der Waals surface area contributed by atoms with Crippen LogP contribution < -0.4 is 4.90 Å². The number of halogens is 1. The monoisotopic (exact) mass is 469 g/mol. The summed E-state index contributed by atoms with van der Waals surface area (Å²) in [6.07, 6.45) is 2.22. The lowest BCUT2D eigenvalue weighted by Crippen LogP contribution is -2.35. The molecule has 1 atom stereocenters. The number of aryl methyl sites for hydroxylation is 2. The maximum Gasteiger partial charge on any atom is 0.229 e. The zero-order valence-electron chi connectivity index (χ0n) is 18.2. The van der Waals surface area contributed by atoms with Crippen molar-refractivity contribution in [1.82, 2.24) is 19.8 Å². The van der Waals surface area contributed by atoms with E-state index in [0.29, 0.717) is 10.9 Å². The molecule has 5 rings (SSSR count). The highest BCUT2D eigenvalue weighted by molar-refractivity contribution is 7.91. The van der Waals surface area contributed by atoms with Gasteiger partial charge in [-0.05, 0) is 74.1 Å². The van der Waals surface area contributed by atoms with E-state index >= 15 is 0 Å². The quantitative estimate of drug-likeness (QED) is 0.435. The summed E-state index contributed by atoms with van der Waals surface area (Å²) < 4.78 is 28.5. The highest BCUT2D eigenvalue weighted by Crippen LogP contribution is 2.33. The van der Waals surface area contributed by atoms with Crippen molar-refractivity contribution in [2.24, 2.45) is 5.92 Å². The summed E-state index contributed by atoms with van der Waals surface area (Å²) in [5.74, 6) is 1.25. The zero-order chi connectivity index (χ0) is 22.6. The van der Waals surface area contributed by atoms with Gasteiger partial charge in [-0.15, -0.1) is 5.10 Å². The van der Waals surface area contributed by atoms with Crippen molar-refractivity contribution in [3.05, 3.63) is 52.5 Å². The Kier molecular flexibility index (Phi) is 5.09. The fourth-order valence-corrected chi connectivity index (χ4v) is 5.83. The Bertz CT molecular complexity index is 1460. The van der Waals surface area contributed by atoms with Crippen molar-refractivity contribution in [2.75, 3.05) is 18.0 Å². The second-order valence-corrected chi connectivity index (χ2v) is 11.0. The Morgan fingerprint density at radius 1 is 1.09 bits per heavy atom. The van der Waals surface area contributed by atoms with E-state index < -0.39 is 9.84 Å². The first-order valence-corrected chi connectivity index (χ1v) is 12.5. The van der Waals surface area contributed by atoms with Gasteiger partial charge in [0.1, 0.15) is 5.82 Å². The van der Waals surface area contributed by atoms with Gasteiger partial charge in [0.2, 0.25) is 14.9 Å². The summed E-state index contributed by atoms with van der Waals surface area (Å²) in [4.78, 5) is 7.22. The van der Waals surface area contributed by atoms with Gasteiger partial charge in [0, 0.05) is 23.5 Å². The molecule has 1 aliphatic rings. The molecule has 0 amide bonds. The molecule has 0 unspecified atom stereocenters. The molecule has 166 valence electrons. The van der Waals surface area contributed by atoms with Crippen molar-refractivity contribution in [3.63, 3.8) is 0 Å². The smallest absolute Gasteiger partial charge is 0.229 e. The molecule has 0 aliphatic carbocycles. The summed E-state index contributed by atoms with van der Waals surface area (Å²) >= 11 is 6.31. The molecule has 0 spiro atoms. The normalized spacial score (nSPS) is 17.4. The van der Waals surface area contributed by atoms with Gasteiger partial charge in [0.05, 0.1) is 10.4 Å². The first-order valence-electron chi connectivity index (χ1n) is 10.7. The van der Waals surface area contributed by atoms with Gasteiger partial charge in [0.25, 0.3) is 0 Å². The number of hydrogen-bond donors (Lipinski definition) is 0. The Labute approximate surface area is 191 Å². The standard InChI is InChI=1S/C23H24ClN5O2S/c1-14-5-4-10-28(13-14)21-19-12-17(24)7-9-20(19)29-22(25-21)23(26-27-29)32(30,31)18-8-6-15(2)16(3)11-18/h6-9,11-12,14H,4-5,10,13H2,1-3H3/t14-/m1/s1. The van der Waals surface area contributed by atoms with Crippen LogP contribution in [0.2, 0.25) is 5.02 Å². The van der Waals surface area contributed by atoms with Gasteiger partial charge in [0.15, 0.2) is 5.65 Å². The van der Waals surface area contributed by atoms with Gasteiger partial charge in [-0.2, -0.15) is 4.52 Å². The van der Waals surface area contributed by atoms with Crippen molar-refractivity contribution >= 4 is 43.8 Å². The Hall–Kier alpha value is -2.71. The van der Waals surface area contributed by atoms with Gasteiger partial charge >= 0.3 is 0 Å². The summed E-state index contributed by atoms with van der Waals surface area (Å²) in [6, 6.07) is 10.5. The highest BCUT2D eigenvalue weighted by Gasteiger charge is 2.29. The van der Waals surface area contributed by atoms with E-state index in [2.05, 4.69) is 22.1 Å². The maximum absolute atomic E-state index is 13.5. The summed E-state index contributed by atoms with van der Waals surface area (Å²) in [5.41, 5.74) is 2.88. The second kappa shape index (κ2) is 7.71. The molecule has 3 heterocycles. The third-order valence-corrected chi connectivity index (χ3v) is 8.14. The van der Waals surface area contributed by atoms with Crippen molar-refractivity contribution < 1.29 is 8.42 Å². The minimum atomic E-state index is -3.90. The van der Waals surface area contributed by atoms with Crippen molar-refractivity contribution in [3.8, 4) is 0 Å². The number of aromatic nitrogens is 4. The molecular weight excluding hydrogens is 446 g/mol. The van der Waals surface area contributed by atoms with Gasteiger partial charge in [-0.1, -0.05) is 29.8 Å². The van der Waals surface area contributed by atoms with Crippen LogP contribution in [0.25, 0.3) is 16.6 Å². The lowest BCUT2D eigenvalue weighted by molar-refractivity contribution is 0.445. The highest BCUT2D eigenvalue weighted by atomic mass is 35.5. The van der Waals surface area contributed by atoms with Crippen LogP contribution >= 0.6 is 11.6 Å². The molecule has 4 aromatic rings. The van der Waals surface area contributed by atoms with E-state index in [1.54, 1.807) is 24.3 Å². The lowest BCUT2D eigenvalue weighted by atomic mass is 10.00. The molecule has 0 N–H and O–H groups in total. The van der Waals surface area contributed by atoms with Crippen LogP contribution in [0.5, 0.6) is 0 Å². The van der Waals surface area contributed by atoms with E-state index in [-0.39, 0.29) is 15.6 Å². The van der Waals surface area contributed by atoms with Gasteiger partial charge < -0.3 is 4.90 Å². The molecule has 1 saturated heterocycles. The fraction of sp³-hybridized carbons (Fsp3) is 0.348. The predicted molar refractivity (Wildman–Crippen MR) is 125 cm³/mol. The first kappa shape index (κ1) is 21.2. The van der Waals surface area contributed by atoms with Gasteiger partial charge in [-0.25, -0.2) is 13.4 Å². The lowest BCUT2D eigenvalue weighted by Gasteiger charge is -2.32. The van der Waals surface area contributed by atoms with Crippen LogP contribution in [0.4, 0.5) is 5.82 Å². The minimum absolute atomic E-state index is 0.135. The molecule has 0 bridgehead atoms. The second-order valence-electron chi connectivity index (χ2n) is 8.67. The number of hydrogen-bond acceptors (Lipinski definition) is 6. The topological polar surface area (TPSA) is 80.5 Å². The van der Waals surface area contributed by atoms with Crippen LogP contribution in [0.1, 0.15) is 30.9 Å². The van der Waals surface area contributed by atoms with Crippen LogP contribution in [-0.4, -0.2) is 41.3 Å². The minimum Gasteiger partial charge on any atom is -0.356 e. The average molecular weight is 470 g/mol. The molecule has 2 aromatic heterocycles. The van der Waals surface area contributed by atoms with Crippen LogP contribution in [0, 0.1) is 19.8 Å². The molecule has 0 radical (unpaired) electrons. The van der Waals surface area contributed by atoms with E-state index in [1.807, 2.05) is 26.0 Å². The molecule has 1 aliphatic heterocycles.